The molecule has 1 rings (SSSR count). The Morgan fingerprint density at radius 2 is 2.00 bits per heavy atom. The number of ether oxygens (including phenoxy) is 1. The fourth-order valence-electron chi connectivity index (χ4n) is 0.990. The Morgan fingerprint density at radius 3 is 2.57 bits per heavy atom. The normalized spacial score (nSPS) is 9.86. The van der Waals surface area contributed by atoms with Crippen molar-refractivity contribution in [3.63, 3.8) is 0 Å². The second-order valence-electron chi connectivity index (χ2n) is 3.04. The van der Waals surface area contributed by atoms with E-state index in [9.17, 15) is 4.79 Å². The lowest BCUT2D eigenvalue weighted by Gasteiger charge is -2.03. The minimum Gasteiger partial charge on any atom is -0.462 e. The zero-order valence-corrected chi connectivity index (χ0v) is 9.09. The molecule has 0 unspecified atom stereocenters. The van der Waals surface area contributed by atoms with Gasteiger partial charge in [-0.05, 0) is 30.7 Å². The largest absolute Gasteiger partial charge is 0.462 e. The van der Waals surface area contributed by atoms with Crippen LogP contribution < -0.4 is 0 Å². The van der Waals surface area contributed by atoms with Crippen molar-refractivity contribution < 1.29 is 9.53 Å². The molecule has 0 aliphatic heterocycles. The van der Waals surface area contributed by atoms with Gasteiger partial charge in [0, 0.05) is 4.90 Å². The van der Waals surface area contributed by atoms with Gasteiger partial charge in [0.25, 0.3) is 0 Å². The molecule has 1 aromatic carbocycles. The highest BCUT2D eigenvalue weighted by Gasteiger charge is 2.05. The molecule has 0 heterocycles. The average molecular weight is 210 g/mol. The molecule has 76 valence electrons. The Bertz CT molecular complexity index is 293. The van der Waals surface area contributed by atoms with Crippen molar-refractivity contribution in [1.29, 1.82) is 0 Å². The second-order valence-corrected chi connectivity index (χ2v) is 3.55. The number of rotatable bonds is 4. The Hall–Kier alpha value is -0.960. The van der Waals surface area contributed by atoms with Crippen molar-refractivity contribution in [3.8, 4) is 0 Å². The molecule has 0 bridgehead atoms. The Balaban J connectivity index is 2.48. The summed E-state index contributed by atoms with van der Waals surface area (Å²) in [6.45, 7) is 2.56. The molecule has 0 amide bonds. The molecule has 0 aromatic heterocycles. The summed E-state index contributed by atoms with van der Waals surface area (Å²) in [7, 11) is 0. The lowest BCUT2D eigenvalue weighted by Crippen LogP contribution is -2.05. The SMILES string of the molecule is CCCCOC(=O)c1ccc(S)cc1. The van der Waals surface area contributed by atoms with Crippen LogP contribution in [0.1, 0.15) is 30.1 Å². The van der Waals surface area contributed by atoms with E-state index < -0.39 is 0 Å². The Labute approximate surface area is 89.7 Å². The predicted octanol–water partition coefficient (Wildman–Crippen LogP) is 2.93. The van der Waals surface area contributed by atoms with E-state index >= 15 is 0 Å². The summed E-state index contributed by atoms with van der Waals surface area (Å²) < 4.78 is 5.04. The first kappa shape index (κ1) is 11.1. The number of carbonyl (C=O) groups is 1. The van der Waals surface area contributed by atoms with E-state index in [2.05, 4.69) is 19.6 Å². The third-order valence-corrected chi connectivity index (χ3v) is 2.13. The van der Waals surface area contributed by atoms with Gasteiger partial charge in [0.2, 0.25) is 0 Å². The summed E-state index contributed by atoms with van der Waals surface area (Å²) in [4.78, 5) is 12.2. The first-order valence-electron chi connectivity index (χ1n) is 4.70. The molecule has 0 saturated heterocycles. The van der Waals surface area contributed by atoms with Crippen LogP contribution in [0.4, 0.5) is 0 Å². The maximum absolute atomic E-state index is 11.4. The van der Waals surface area contributed by atoms with Gasteiger partial charge in [-0.15, -0.1) is 12.6 Å². The van der Waals surface area contributed by atoms with Crippen molar-refractivity contribution in [2.45, 2.75) is 24.7 Å². The lowest BCUT2D eigenvalue weighted by molar-refractivity contribution is 0.0499. The molecule has 0 atom stereocenters. The Kier molecular flexibility index (Phi) is 4.53. The van der Waals surface area contributed by atoms with Crippen LogP contribution >= 0.6 is 12.6 Å². The minimum absolute atomic E-state index is 0.258. The van der Waals surface area contributed by atoms with Gasteiger partial charge < -0.3 is 4.74 Å². The summed E-state index contributed by atoms with van der Waals surface area (Å²) in [6, 6.07) is 6.99. The van der Waals surface area contributed by atoms with Crippen molar-refractivity contribution in [3.05, 3.63) is 29.8 Å². The fourth-order valence-corrected chi connectivity index (χ4v) is 1.14. The van der Waals surface area contributed by atoms with Crippen LogP contribution in [0, 0.1) is 0 Å². The molecular formula is C11H14O2S. The van der Waals surface area contributed by atoms with Crippen molar-refractivity contribution in [2.75, 3.05) is 6.61 Å². The van der Waals surface area contributed by atoms with Gasteiger partial charge in [0.05, 0.1) is 12.2 Å². The predicted molar refractivity (Wildman–Crippen MR) is 58.9 cm³/mol. The molecular weight excluding hydrogens is 196 g/mol. The summed E-state index contributed by atoms with van der Waals surface area (Å²) in [6.07, 6.45) is 1.94. The molecule has 0 radical (unpaired) electrons. The van der Waals surface area contributed by atoms with E-state index in [0.717, 1.165) is 17.7 Å². The molecule has 3 heteroatoms. The van der Waals surface area contributed by atoms with Gasteiger partial charge in [-0.3, -0.25) is 0 Å². The molecule has 1 aromatic rings. The summed E-state index contributed by atoms with van der Waals surface area (Å²) in [5.41, 5.74) is 0.582. The van der Waals surface area contributed by atoms with Crippen LogP contribution in [0.25, 0.3) is 0 Å². The van der Waals surface area contributed by atoms with Gasteiger partial charge in [0.15, 0.2) is 0 Å². The average Bonchev–Trinajstić information content (AvgIpc) is 2.19. The maximum atomic E-state index is 11.4. The number of hydrogen-bond acceptors (Lipinski definition) is 3. The third kappa shape index (κ3) is 3.42. The van der Waals surface area contributed by atoms with Crippen LogP contribution in [0.5, 0.6) is 0 Å². The minimum atomic E-state index is -0.258. The van der Waals surface area contributed by atoms with E-state index in [-0.39, 0.29) is 5.97 Å². The number of hydrogen-bond donors (Lipinski definition) is 1. The van der Waals surface area contributed by atoms with E-state index in [1.807, 2.05) is 0 Å². The zero-order valence-electron chi connectivity index (χ0n) is 8.19. The van der Waals surface area contributed by atoms with Crippen LogP contribution in [-0.2, 0) is 4.74 Å². The number of thiol groups is 1. The smallest absolute Gasteiger partial charge is 0.338 e. The number of esters is 1. The van der Waals surface area contributed by atoms with Crippen molar-refractivity contribution >= 4 is 18.6 Å². The molecule has 14 heavy (non-hydrogen) atoms. The van der Waals surface area contributed by atoms with Crippen LogP contribution in [-0.4, -0.2) is 12.6 Å². The molecule has 0 aliphatic carbocycles. The van der Waals surface area contributed by atoms with Crippen molar-refractivity contribution in [1.82, 2.24) is 0 Å². The standard InChI is InChI=1S/C11H14O2S/c1-2-3-8-13-11(12)9-4-6-10(14)7-5-9/h4-7,14H,2-3,8H2,1H3. The molecule has 0 saturated carbocycles. The second kappa shape index (κ2) is 5.70. The van der Waals surface area contributed by atoms with Crippen LogP contribution in [0.15, 0.2) is 29.2 Å². The lowest BCUT2D eigenvalue weighted by atomic mass is 10.2. The van der Waals surface area contributed by atoms with Gasteiger partial charge in [-0.1, -0.05) is 13.3 Å². The van der Waals surface area contributed by atoms with Gasteiger partial charge >= 0.3 is 5.97 Å². The summed E-state index contributed by atoms with van der Waals surface area (Å²) in [5.74, 6) is -0.258. The summed E-state index contributed by atoms with van der Waals surface area (Å²) >= 11 is 4.13. The molecule has 2 nitrogen and oxygen atoms in total. The number of benzene rings is 1. The first-order valence-corrected chi connectivity index (χ1v) is 5.15. The van der Waals surface area contributed by atoms with E-state index in [1.54, 1.807) is 24.3 Å². The van der Waals surface area contributed by atoms with Crippen LogP contribution in [0.3, 0.4) is 0 Å². The van der Waals surface area contributed by atoms with Gasteiger partial charge in [-0.25, -0.2) is 4.79 Å². The highest BCUT2D eigenvalue weighted by Crippen LogP contribution is 2.08. The fraction of sp³-hybridized carbons (Fsp3) is 0.364. The molecule has 0 N–H and O–H groups in total. The zero-order chi connectivity index (χ0) is 10.4. The first-order chi connectivity index (χ1) is 6.74. The van der Waals surface area contributed by atoms with Crippen LogP contribution in [0.2, 0.25) is 0 Å². The topological polar surface area (TPSA) is 26.3 Å². The summed E-state index contributed by atoms with van der Waals surface area (Å²) in [5, 5.41) is 0. The van der Waals surface area contributed by atoms with Gasteiger partial charge in [-0.2, -0.15) is 0 Å². The number of carbonyl (C=O) groups excluding carboxylic acids is 1. The molecule has 0 aliphatic rings. The highest BCUT2D eigenvalue weighted by molar-refractivity contribution is 7.80. The molecule has 0 spiro atoms. The maximum Gasteiger partial charge on any atom is 0.338 e. The molecule has 0 fully saturated rings. The van der Waals surface area contributed by atoms with E-state index in [4.69, 9.17) is 4.74 Å². The Morgan fingerprint density at radius 1 is 1.36 bits per heavy atom. The van der Waals surface area contributed by atoms with Crippen molar-refractivity contribution in [2.24, 2.45) is 0 Å². The van der Waals surface area contributed by atoms with Gasteiger partial charge in [0.1, 0.15) is 0 Å². The monoisotopic (exact) mass is 210 g/mol. The highest BCUT2D eigenvalue weighted by atomic mass is 32.1. The van der Waals surface area contributed by atoms with E-state index in [0.29, 0.717) is 12.2 Å². The third-order valence-electron chi connectivity index (χ3n) is 1.83. The number of unbranched alkanes of at least 4 members (excludes halogenated alkanes) is 1. The van der Waals surface area contributed by atoms with E-state index in [1.165, 1.54) is 0 Å². The quantitative estimate of drug-likeness (QED) is 0.470.